The van der Waals surface area contributed by atoms with E-state index in [1.165, 1.54) is 0 Å². The minimum atomic E-state index is 0.430. The van der Waals surface area contributed by atoms with Crippen molar-refractivity contribution in [3.8, 4) is 5.75 Å². The molecule has 2 rings (SSSR count). The molecule has 0 saturated heterocycles. The zero-order chi connectivity index (χ0) is 11.2. The topological polar surface area (TPSA) is 61.0 Å². The van der Waals surface area contributed by atoms with Crippen LogP contribution in [-0.2, 0) is 13.2 Å². The molecule has 0 aromatic carbocycles. The van der Waals surface area contributed by atoms with Crippen LogP contribution in [0.1, 0.15) is 11.1 Å². The molecule has 0 unspecified atom stereocenters. The predicted molar refractivity (Wildman–Crippen MR) is 60.7 cm³/mol. The van der Waals surface area contributed by atoms with Gasteiger partial charge < -0.3 is 10.5 Å². The van der Waals surface area contributed by atoms with Crippen LogP contribution in [-0.4, -0.2) is 9.97 Å². The van der Waals surface area contributed by atoms with Gasteiger partial charge in [-0.2, -0.15) is 0 Å². The average Bonchev–Trinajstić information content (AvgIpc) is 2.38. The summed E-state index contributed by atoms with van der Waals surface area (Å²) >= 11 is 0. The summed E-state index contributed by atoms with van der Waals surface area (Å²) in [7, 11) is 0. The molecule has 0 radical (unpaired) electrons. The molecule has 82 valence electrons. The highest BCUT2D eigenvalue weighted by atomic mass is 16.5. The van der Waals surface area contributed by atoms with E-state index in [1.54, 1.807) is 24.8 Å². The molecular weight excluding hydrogens is 202 g/mol. The van der Waals surface area contributed by atoms with E-state index in [-0.39, 0.29) is 0 Å². The molecule has 2 aromatic heterocycles. The van der Waals surface area contributed by atoms with Gasteiger partial charge in [-0.1, -0.05) is 0 Å². The van der Waals surface area contributed by atoms with E-state index in [9.17, 15) is 0 Å². The van der Waals surface area contributed by atoms with Crippen LogP contribution in [0.15, 0.2) is 43.0 Å². The van der Waals surface area contributed by atoms with Gasteiger partial charge in [0.1, 0.15) is 12.4 Å². The van der Waals surface area contributed by atoms with E-state index >= 15 is 0 Å². The molecule has 0 spiro atoms. The second-order valence-electron chi connectivity index (χ2n) is 3.33. The zero-order valence-electron chi connectivity index (χ0n) is 8.84. The number of rotatable bonds is 4. The van der Waals surface area contributed by atoms with Crippen LogP contribution in [0.4, 0.5) is 0 Å². The molecule has 2 aromatic rings. The quantitative estimate of drug-likeness (QED) is 0.839. The van der Waals surface area contributed by atoms with Crippen LogP contribution < -0.4 is 10.5 Å². The molecule has 0 saturated carbocycles. The molecule has 2 heterocycles. The van der Waals surface area contributed by atoms with Crippen molar-refractivity contribution in [3.63, 3.8) is 0 Å². The summed E-state index contributed by atoms with van der Waals surface area (Å²) in [5.74, 6) is 0.786. The summed E-state index contributed by atoms with van der Waals surface area (Å²) in [6.45, 7) is 0.944. The van der Waals surface area contributed by atoms with Gasteiger partial charge >= 0.3 is 0 Å². The fourth-order valence-corrected chi connectivity index (χ4v) is 1.35. The minimum Gasteiger partial charge on any atom is -0.488 e. The van der Waals surface area contributed by atoms with Gasteiger partial charge in [0.05, 0.1) is 0 Å². The Labute approximate surface area is 94.1 Å². The van der Waals surface area contributed by atoms with E-state index in [2.05, 4.69) is 9.97 Å². The van der Waals surface area contributed by atoms with Gasteiger partial charge in [0, 0.05) is 36.9 Å². The first-order valence-corrected chi connectivity index (χ1v) is 5.05. The highest BCUT2D eigenvalue weighted by Crippen LogP contribution is 2.17. The fourth-order valence-electron chi connectivity index (χ4n) is 1.35. The second-order valence-corrected chi connectivity index (χ2v) is 3.33. The Balaban J connectivity index is 2.05. The summed E-state index contributed by atoms with van der Waals surface area (Å²) in [5, 5.41) is 0. The molecule has 0 aliphatic heterocycles. The molecule has 16 heavy (non-hydrogen) atoms. The van der Waals surface area contributed by atoms with Gasteiger partial charge in [-0.25, -0.2) is 0 Å². The normalized spacial score (nSPS) is 10.1. The molecular formula is C12H13N3O. The monoisotopic (exact) mass is 215 g/mol. The maximum Gasteiger partial charge on any atom is 0.127 e. The van der Waals surface area contributed by atoms with Gasteiger partial charge in [0.2, 0.25) is 0 Å². The Hall–Kier alpha value is -1.94. The van der Waals surface area contributed by atoms with Gasteiger partial charge in [-0.05, 0) is 23.8 Å². The number of nitrogens with zero attached hydrogens (tertiary/aromatic N) is 2. The Kier molecular flexibility index (Phi) is 3.46. The van der Waals surface area contributed by atoms with Crippen molar-refractivity contribution in [2.75, 3.05) is 0 Å². The minimum absolute atomic E-state index is 0.430. The standard InChI is InChI=1S/C12H13N3O/c13-7-11-8-15-6-3-12(11)16-9-10-1-4-14-5-2-10/h1-6,8H,7,9,13H2. The molecule has 0 atom stereocenters. The predicted octanol–water partition coefficient (Wildman–Crippen LogP) is 1.51. The van der Waals surface area contributed by atoms with Gasteiger partial charge in [0.15, 0.2) is 0 Å². The molecule has 0 fully saturated rings. The summed E-state index contributed by atoms with van der Waals surface area (Å²) in [5.41, 5.74) is 7.58. The Morgan fingerprint density at radius 2 is 1.81 bits per heavy atom. The van der Waals surface area contributed by atoms with Crippen molar-refractivity contribution in [2.24, 2.45) is 5.73 Å². The van der Waals surface area contributed by atoms with Gasteiger partial charge in [-0.3, -0.25) is 9.97 Å². The number of aromatic nitrogens is 2. The lowest BCUT2D eigenvalue weighted by molar-refractivity contribution is 0.302. The first kappa shape index (κ1) is 10.6. The first-order chi connectivity index (χ1) is 7.90. The molecule has 4 nitrogen and oxygen atoms in total. The van der Waals surface area contributed by atoms with Crippen LogP contribution >= 0.6 is 0 Å². The third kappa shape index (κ3) is 2.55. The van der Waals surface area contributed by atoms with Gasteiger partial charge in [-0.15, -0.1) is 0 Å². The van der Waals surface area contributed by atoms with E-state index in [4.69, 9.17) is 10.5 Å². The fraction of sp³-hybridized carbons (Fsp3) is 0.167. The van der Waals surface area contributed by atoms with Crippen molar-refractivity contribution >= 4 is 0 Å². The maximum absolute atomic E-state index is 5.67. The van der Waals surface area contributed by atoms with E-state index in [0.29, 0.717) is 13.2 Å². The Morgan fingerprint density at radius 1 is 1.06 bits per heavy atom. The number of ether oxygens (including phenoxy) is 1. The molecule has 0 amide bonds. The molecule has 0 bridgehead atoms. The largest absolute Gasteiger partial charge is 0.488 e. The highest BCUT2D eigenvalue weighted by Gasteiger charge is 2.01. The summed E-state index contributed by atoms with van der Waals surface area (Å²) in [4.78, 5) is 7.95. The lowest BCUT2D eigenvalue weighted by Crippen LogP contribution is -2.03. The number of hydrogen-bond acceptors (Lipinski definition) is 4. The second kappa shape index (κ2) is 5.23. The average molecular weight is 215 g/mol. The smallest absolute Gasteiger partial charge is 0.127 e. The van der Waals surface area contributed by atoms with E-state index in [0.717, 1.165) is 16.9 Å². The third-order valence-electron chi connectivity index (χ3n) is 2.22. The van der Waals surface area contributed by atoms with Crippen molar-refractivity contribution in [3.05, 3.63) is 54.1 Å². The number of pyridine rings is 2. The van der Waals surface area contributed by atoms with Crippen molar-refractivity contribution in [1.29, 1.82) is 0 Å². The molecule has 2 N–H and O–H groups in total. The SMILES string of the molecule is NCc1cnccc1OCc1ccncc1. The Morgan fingerprint density at radius 3 is 2.56 bits per heavy atom. The Bertz CT molecular complexity index is 445. The lowest BCUT2D eigenvalue weighted by Gasteiger charge is -2.09. The zero-order valence-corrected chi connectivity index (χ0v) is 8.84. The molecule has 4 heteroatoms. The lowest BCUT2D eigenvalue weighted by atomic mass is 10.2. The van der Waals surface area contributed by atoms with E-state index < -0.39 is 0 Å². The van der Waals surface area contributed by atoms with Crippen LogP contribution in [0.25, 0.3) is 0 Å². The molecule has 0 aliphatic rings. The first-order valence-electron chi connectivity index (χ1n) is 5.05. The van der Waals surface area contributed by atoms with E-state index in [1.807, 2.05) is 18.2 Å². The number of hydrogen-bond donors (Lipinski definition) is 1. The molecule has 0 aliphatic carbocycles. The van der Waals surface area contributed by atoms with Crippen molar-refractivity contribution < 1.29 is 4.74 Å². The van der Waals surface area contributed by atoms with Crippen LogP contribution in [0.5, 0.6) is 5.75 Å². The van der Waals surface area contributed by atoms with Crippen molar-refractivity contribution in [1.82, 2.24) is 9.97 Å². The third-order valence-corrected chi connectivity index (χ3v) is 2.22. The maximum atomic E-state index is 5.67. The highest BCUT2D eigenvalue weighted by molar-refractivity contribution is 5.30. The van der Waals surface area contributed by atoms with Crippen LogP contribution in [0, 0.1) is 0 Å². The summed E-state index contributed by atoms with van der Waals surface area (Å²) in [6, 6.07) is 5.66. The number of nitrogens with two attached hydrogens (primary N) is 1. The van der Waals surface area contributed by atoms with Gasteiger partial charge in [0.25, 0.3) is 0 Å². The van der Waals surface area contributed by atoms with Crippen LogP contribution in [0.2, 0.25) is 0 Å². The summed E-state index contributed by atoms with van der Waals surface area (Å²) < 4.78 is 5.67. The van der Waals surface area contributed by atoms with Crippen LogP contribution in [0.3, 0.4) is 0 Å². The summed E-state index contributed by atoms with van der Waals surface area (Å²) in [6.07, 6.45) is 6.91. The van der Waals surface area contributed by atoms with Crippen molar-refractivity contribution in [2.45, 2.75) is 13.2 Å².